The third kappa shape index (κ3) is 4.92. The zero-order chi connectivity index (χ0) is 12.6. The number of likely N-dealkylation sites (N-methyl/N-ethyl adjacent to an activating group) is 1. The van der Waals surface area contributed by atoms with Gasteiger partial charge in [-0.15, -0.1) is 0 Å². The Morgan fingerprint density at radius 2 is 2.00 bits per heavy atom. The summed E-state index contributed by atoms with van der Waals surface area (Å²) in [4.78, 5) is 2.37. The van der Waals surface area contributed by atoms with Crippen molar-refractivity contribution in [3.05, 3.63) is 0 Å². The number of hydrogen-bond donors (Lipinski definition) is 1. The molecule has 1 N–H and O–H groups in total. The molecule has 0 unspecified atom stereocenters. The highest BCUT2D eigenvalue weighted by Crippen LogP contribution is 2.30. The molecule has 0 saturated carbocycles. The number of aliphatic hydroxyl groups is 1. The van der Waals surface area contributed by atoms with Crippen LogP contribution in [0.1, 0.15) is 26.7 Å². The molecule has 0 aromatic carbocycles. The normalized spacial score (nSPS) is 19.8. The van der Waals surface area contributed by atoms with Crippen LogP contribution in [0.5, 0.6) is 0 Å². The molecule has 17 heavy (non-hydrogen) atoms. The summed E-state index contributed by atoms with van der Waals surface area (Å²) in [5.41, 5.74) is 0.0421. The van der Waals surface area contributed by atoms with Gasteiger partial charge in [-0.25, -0.2) is 0 Å². The zero-order valence-electron chi connectivity index (χ0n) is 11.3. The number of rotatable bonds is 8. The van der Waals surface area contributed by atoms with Crippen molar-refractivity contribution in [2.24, 2.45) is 5.41 Å². The highest BCUT2D eigenvalue weighted by atomic mass is 16.5. The van der Waals surface area contributed by atoms with Gasteiger partial charge in [-0.05, 0) is 26.3 Å². The standard InChI is InChI=1S/C13H27NO3/c1-3-14(7-10-16-4-2)11-13(12-15)5-8-17-9-6-13/h15H,3-12H2,1-2H3. The average molecular weight is 245 g/mol. The first-order chi connectivity index (χ1) is 8.26. The van der Waals surface area contributed by atoms with Gasteiger partial charge in [0.1, 0.15) is 0 Å². The molecule has 0 radical (unpaired) electrons. The molecule has 1 heterocycles. The van der Waals surface area contributed by atoms with Gasteiger partial charge in [-0.2, -0.15) is 0 Å². The molecule has 0 bridgehead atoms. The maximum atomic E-state index is 9.64. The molecule has 1 rings (SSSR count). The summed E-state index contributed by atoms with van der Waals surface area (Å²) in [6.07, 6.45) is 1.93. The van der Waals surface area contributed by atoms with Crippen LogP contribution in [0.4, 0.5) is 0 Å². The summed E-state index contributed by atoms with van der Waals surface area (Å²) >= 11 is 0. The summed E-state index contributed by atoms with van der Waals surface area (Å²) in [7, 11) is 0. The van der Waals surface area contributed by atoms with Crippen LogP contribution in [0.2, 0.25) is 0 Å². The van der Waals surface area contributed by atoms with Crippen LogP contribution < -0.4 is 0 Å². The van der Waals surface area contributed by atoms with E-state index < -0.39 is 0 Å². The molecule has 0 amide bonds. The molecule has 1 aliphatic heterocycles. The first-order valence-electron chi connectivity index (χ1n) is 6.75. The Labute approximate surface area is 105 Å². The largest absolute Gasteiger partial charge is 0.396 e. The Bertz CT molecular complexity index is 193. The van der Waals surface area contributed by atoms with E-state index in [9.17, 15) is 5.11 Å². The van der Waals surface area contributed by atoms with Crippen molar-refractivity contribution in [2.75, 3.05) is 52.7 Å². The van der Waals surface area contributed by atoms with Crippen molar-refractivity contribution in [3.63, 3.8) is 0 Å². The van der Waals surface area contributed by atoms with Gasteiger partial charge in [0.25, 0.3) is 0 Å². The quantitative estimate of drug-likeness (QED) is 0.651. The molecule has 0 aliphatic carbocycles. The Hall–Kier alpha value is -0.160. The van der Waals surface area contributed by atoms with E-state index in [1.807, 2.05) is 6.92 Å². The monoisotopic (exact) mass is 245 g/mol. The van der Waals surface area contributed by atoms with Gasteiger partial charge in [0.05, 0.1) is 13.2 Å². The second-order valence-electron chi connectivity index (χ2n) is 4.84. The predicted octanol–water partition coefficient (Wildman–Crippen LogP) is 1.13. The third-order valence-electron chi connectivity index (χ3n) is 3.65. The molecule has 4 heteroatoms. The smallest absolute Gasteiger partial charge is 0.0593 e. The summed E-state index contributed by atoms with van der Waals surface area (Å²) in [5, 5.41) is 9.64. The second-order valence-corrected chi connectivity index (χ2v) is 4.84. The molecule has 0 aromatic rings. The van der Waals surface area contributed by atoms with Gasteiger partial charge in [0.2, 0.25) is 0 Å². The van der Waals surface area contributed by atoms with E-state index in [1.165, 1.54) is 0 Å². The Balaban J connectivity index is 2.40. The van der Waals surface area contributed by atoms with Gasteiger partial charge in [0.15, 0.2) is 0 Å². The van der Waals surface area contributed by atoms with E-state index in [0.717, 1.165) is 58.9 Å². The lowest BCUT2D eigenvalue weighted by Crippen LogP contribution is -2.44. The fourth-order valence-corrected chi connectivity index (χ4v) is 2.33. The maximum Gasteiger partial charge on any atom is 0.0593 e. The average Bonchev–Trinajstić information content (AvgIpc) is 2.39. The van der Waals surface area contributed by atoms with Crippen LogP contribution in [-0.2, 0) is 9.47 Å². The van der Waals surface area contributed by atoms with Crippen molar-refractivity contribution in [1.29, 1.82) is 0 Å². The van der Waals surface area contributed by atoms with Crippen molar-refractivity contribution >= 4 is 0 Å². The van der Waals surface area contributed by atoms with Crippen LogP contribution in [0, 0.1) is 5.41 Å². The van der Waals surface area contributed by atoms with E-state index in [2.05, 4.69) is 11.8 Å². The van der Waals surface area contributed by atoms with Crippen LogP contribution in [0.25, 0.3) is 0 Å². The number of nitrogens with zero attached hydrogens (tertiary/aromatic N) is 1. The van der Waals surface area contributed by atoms with Crippen molar-refractivity contribution in [1.82, 2.24) is 4.90 Å². The van der Waals surface area contributed by atoms with E-state index in [1.54, 1.807) is 0 Å². The first kappa shape index (κ1) is 14.9. The molecule has 0 atom stereocenters. The Morgan fingerprint density at radius 1 is 1.29 bits per heavy atom. The lowest BCUT2D eigenvalue weighted by Gasteiger charge is -2.39. The minimum Gasteiger partial charge on any atom is -0.396 e. The molecular weight excluding hydrogens is 218 g/mol. The summed E-state index contributed by atoms with van der Waals surface area (Å²) < 4.78 is 10.8. The lowest BCUT2D eigenvalue weighted by atomic mass is 9.80. The highest BCUT2D eigenvalue weighted by Gasteiger charge is 2.33. The van der Waals surface area contributed by atoms with Crippen LogP contribution in [0.15, 0.2) is 0 Å². The molecule has 0 aromatic heterocycles. The van der Waals surface area contributed by atoms with Crippen LogP contribution >= 0.6 is 0 Å². The Morgan fingerprint density at radius 3 is 2.53 bits per heavy atom. The summed E-state index contributed by atoms with van der Waals surface area (Å²) in [5.74, 6) is 0. The van der Waals surface area contributed by atoms with Gasteiger partial charge in [-0.1, -0.05) is 6.92 Å². The fourth-order valence-electron chi connectivity index (χ4n) is 2.33. The molecule has 1 saturated heterocycles. The highest BCUT2D eigenvalue weighted by molar-refractivity contribution is 4.84. The molecule has 102 valence electrons. The molecule has 4 nitrogen and oxygen atoms in total. The topological polar surface area (TPSA) is 41.9 Å². The molecule has 1 fully saturated rings. The minimum absolute atomic E-state index is 0.0421. The van der Waals surface area contributed by atoms with Crippen molar-refractivity contribution in [3.8, 4) is 0 Å². The number of ether oxygens (including phenoxy) is 2. The van der Waals surface area contributed by atoms with Crippen LogP contribution in [-0.4, -0.2) is 62.7 Å². The predicted molar refractivity (Wildman–Crippen MR) is 68.2 cm³/mol. The van der Waals surface area contributed by atoms with E-state index in [0.29, 0.717) is 0 Å². The number of hydrogen-bond acceptors (Lipinski definition) is 4. The van der Waals surface area contributed by atoms with E-state index >= 15 is 0 Å². The van der Waals surface area contributed by atoms with Crippen LogP contribution in [0.3, 0.4) is 0 Å². The van der Waals surface area contributed by atoms with Gasteiger partial charge >= 0.3 is 0 Å². The van der Waals surface area contributed by atoms with Gasteiger partial charge in [0, 0.05) is 38.3 Å². The lowest BCUT2D eigenvalue weighted by molar-refractivity contribution is -0.0366. The van der Waals surface area contributed by atoms with Gasteiger partial charge < -0.3 is 19.5 Å². The molecule has 0 spiro atoms. The zero-order valence-corrected chi connectivity index (χ0v) is 11.3. The van der Waals surface area contributed by atoms with Crippen molar-refractivity contribution in [2.45, 2.75) is 26.7 Å². The molecule has 1 aliphatic rings. The number of aliphatic hydroxyl groups excluding tert-OH is 1. The maximum absolute atomic E-state index is 9.64. The second kappa shape index (κ2) is 8.03. The van der Waals surface area contributed by atoms with E-state index in [4.69, 9.17) is 9.47 Å². The first-order valence-corrected chi connectivity index (χ1v) is 6.75. The Kier molecular flexibility index (Phi) is 7.04. The fraction of sp³-hybridized carbons (Fsp3) is 1.00. The SMILES string of the molecule is CCOCCN(CC)CC1(CO)CCOCC1. The summed E-state index contributed by atoms with van der Waals surface area (Å²) in [6, 6.07) is 0. The van der Waals surface area contributed by atoms with Gasteiger partial charge in [-0.3, -0.25) is 0 Å². The minimum atomic E-state index is 0.0421. The van der Waals surface area contributed by atoms with Crippen molar-refractivity contribution < 1.29 is 14.6 Å². The summed E-state index contributed by atoms with van der Waals surface area (Å²) in [6.45, 7) is 10.5. The third-order valence-corrected chi connectivity index (χ3v) is 3.65. The molecular formula is C13H27NO3. The van der Waals surface area contributed by atoms with E-state index in [-0.39, 0.29) is 12.0 Å².